The molecule has 0 amide bonds. The molecule has 0 saturated heterocycles. The Morgan fingerprint density at radius 2 is 1.00 bits per heavy atom. The third-order valence-electron chi connectivity index (χ3n) is 9.36. The highest BCUT2D eigenvalue weighted by Gasteiger charge is 2.41. The van der Waals surface area contributed by atoms with Crippen LogP contribution in [0, 0.1) is 5.92 Å². The first-order valence-electron chi connectivity index (χ1n) is 13.8. The Morgan fingerprint density at radius 1 is 0.529 bits per heavy atom. The molecule has 0 bridgehead atoms. The number of hydrogen-bond donors (Lipinski definition) is 0. The minimum atomic E-state index is -3.15. The monoisotopic (exact) mass is 518 g/mol. The molecular weight excluding hydrogens is 472 g/mol. The molecule has 4 saturated carbocycles. The largest absolute Gasteiger partial charge is 0.381 e. The Bertz CT molecular complexity index is 846. The molecule has 4 aliphatic carbocycles. The van der Waals surface area contributed by atoms with Crippen LogP contribution in [0.4, 0.5) is 0 Å². The third kappa shape index (κ3) is 6.20. The van der Waals surface area contributed by atoms with Crippen LogP contribution in [0.15, 0.2) is 0 Å². The van der Waals surface area contributed by atoms with Gasteiger partial charge < -0.3 is 9.47 Å². The lowest BCUT2D eigenvalue weighted by Gasteiger charge is -2.37. The van der Waals surface area contributed by atoms with Crippen LogP contribution in [0.25, 0.3) is 0 Å². The second kappa shape index (κ2) is 11.5. The van der Waals surface area contributed by atoms with Crippen molar-refractivity contribution in [2.75, 3.05) is 7.11 Å². The summed E-state index contributed by atoms with van der Waals surface area (Å²) in [7, 11) is -4.50. The second-order valence-corrected chi connectivity index (χ2v) is 16.7. The van der Waals surface area contributed by atoms with Gasteiger partial charge in [-0.1, -0.05) is 6.92 Å². The molecule has 0 aromatic rings. The summed E-state index contributed by atoms with van der Waals surface area (Å²) in [5.41, 5.74) is 0. The maximum Gasteiger partial charge on any atom is 0.156 e. The van der Waals surface area contributed by atoms with E-state index in [1.165, 1.54) is 0 Å². The molecule has 0 heterocycles. The number of ether oxygens (including phenoxy) is 2. The Morgan fingerprint density at radius 3 is 1.53 bits per heavy atom. The SMILES string of the molecule is COC1CCC(S(=O)(=O)C2CCCC(OC3CCC(S(=O)(=O)C4CCC(C)CC4)CC3)C2)CC1. The number of sulfone groups is 2. The van der Waals surface area contributed by atoms with Gasteiger partial charge >= 0.3 is 0 Å². The molecule has 34 heavy (non-hydrogen) atoms. The molecule has 0 N–H and O–H groups in total. The molecule has 8 heteroatoms. The molecule has 0 aromatic carbocycles. The zero-order chi connectivity index (χ0) is 24.3. The first-order chi connectivity index (χ1) is 16.2. The fraction of sp³-hybridized carbons (Fsp3) is 1.00. The zero-order valence-corrected chi connectivity index (χ0v) is 22.8. The van der Waals surface area contributed by atoms with Crippen molar-refractivity contribution in [2.24, 2.45) is 5.92 Å². The molecular formula is C26H46O6S2. The third-order valence-corrected chi connectivity index (χ3v) is 14.9. The van der Waals surface area contributed by atoms with Gasteiger partial charge in [0.05, 0.1) is 39.3 Å². The summed E-state index contributed by atoms with van der Waals surface area (Å²) < 4.78 is 64.8. The van der Waals surface area contributed by atoms with Gasteiger partial charge in [0.15, 0.2) is 19.7 Å². The van der Waals surface area contributed by atoms with E-state index in [-0.39, 0.29) is 39.3 Å². The Kier molecular flexibility index (Phi) is 9.07. The van der Waals surface area contributed by atoms with Crippen LogP contribution in [0.1, 0.15) is 110 Å². The molecule has 0 aliphatic heterocycles. The molecule has 0 aromatic heterocycles. The van der Waals surface area contributed by atoms with E-state index < -0.39 is 19.7 Å². The average Bonchev–Trinajstić information content (AvgIpc) is 2.85. The lowest BCUT2D eigenvalue weighted by molar-refractivity contribution is -0.0440. The van der Waals surface area contributed by atoms with Gasteiger partial charge in [0, 0.05) is 7.11 Å². The molecule has 0 spiro atoms. The first-order valence-corrected chi connectivity index (χ1v) is 17.1. The Labute approximate surface area is 207 Å². The first kappa shape index (κ1) is 26.9. The van der Waals surface area contributed by atoms with Crippen LogP contribution in [0.5, 0.6) is 0 Å². The molecule has 2 atom stereocenters. The highest BCUT2D eigenvalue weighted by Crippen LogP contribution is 2.38. The predicted octanol–water partition coefficient (Wildman–Crippen LogP) is 4.99. The molecule has 0 radical (unpaired) electrons. The van der Waals surface area contributed by atoms with E-state index in [9.17, 15) is 16.8 Å². The van der Waals surface area contributed by atoms with Crippen LogP contribution in [-0.2, 0) is 29.1 Å². The van der Waals surface area contributed by atoms with Gasteiger partial charge in [0.2, 0.25) is 0 Å². The molecule has 198 valence electrons. The van der Waals surface area contributed by atoms with Crippen LogP contribution in [0.3, 0.4) is 0 Å². The van der Waals surface area contributed by atoms with E-state index in [0.717, 1.165) is 70.6 Å². The Balaban J connectivity index is 1.26. The molecule has 2 unspecified atom stereocenters. The van der Waals surface area contributed by atoms with Gasteiger partial charge in [0.25, 0.3) is 0 Å². The average molecular weight is 519 g/mol. The van der Waals surface area contributed by atoms with Crippen LogP contribution in [-0.4, -0.2) is 63.3 Å². The van der Waals surface area contributed by atoms with Crippen molar-refractivity contribution in [3.8, 4) is 0 Å². The normalized spacial score (nSPS) is 40.6. The topological polar surface area (TPSA) is 86.7 Å². The van der Waals surface area contributed by atoms with E-state index in [1.807, 2.05) is 0 Å². The summed E-state index contributed by atoms with van der Waals surface area (Å²) in [6.45, 7) is 2.22. The Hall–Kier alpha value is -0.180. The van der Waals surface area contributed by atoms with Gasteiger partial charge in [-0.3, -0.25) is 0 Å². The predicted molar refractivity (Wildman–Crippen MR) is 135 cm³/mol. The number of hydrogen-bond acceptors (Lipinski definition) is 6. The van der Waals surface area contributed by atoms with Crippen LogP contribution >= 0.6 is 0 Å². The van der Waals surface area contributed by atoms with E-state index in [4.69, 9.17) is 9.47 Å². The highest BCUT2D eigenvalue weighted by atomic mass is 32.2. The van der Waals surface area contributed by atoms with Crippen LogP contribution < -0.4 is 0 Å². The maximum atomic E-state index is 13.3. The highest BCUT2D eigenvalue weighted by molar-refractivity contribution is 7.92. The molecule has 4 rings (SSSR count). The van der Waals surface area contributed by atoms with E-state index >= 15 is 0 Å². The second-order valence-electron chi connectivity index (χ2n) is 11.6. The van der Waals surface area contributed by atoms with Gasteiger partial charge in [-0.05, 0) is 109 Å². The summed E-state index contributed by atoms with van der Waals surface area (Å²) in [5, 5.41) is -0.881. The van der Waals surface area contributed by atoms with Crippen molar-refractivity contribution < 1.29 is 26.3 Å². The quantitative estimate of drug-likeness (QED) is 0.472. The number of methoxy groups -OCH3 is 1. The fourth-order valence-electron chi connectivity index (χ4n) is 6.99. The van der Waals surface area contributed by atoms with Crippen molar-refractivity contribution in [1.82, 2.24) is 0 Å². The molecule has 4 aliphatic rings. The summed E-state index contributed by atoms with van der Waals surface area (Å²) >= 11 is 0. The van der Waals surface area contributed by atoms with Crippen molar-refractivity contribution in [3.63, 3.8) is 0 Å². The lowest BCUT2D eigenvalue weighted by atomic mass is 9.91. The standard InChI is InChI=1S/C26H46O6S2/c1-19-6-12-23(13-7-19)33(27,28)24-16-10-21(11-17-24)32-22-4-3-5-26(18-22)34(29,30)25-14-8-20(31-2)9-15-25/h19-26H,3-18H2,1-2H3. The van der Waals surface area contributed by atoms with Crippen molar-refractivity contribution in [1.29, 1.82) is 0 Å². The summed E-state index contributed by atoms with van der Waals surface area (Å²) in [6.07, 6.45) is 13.2. The van der Waals surface area contributed by atoms with Crippen molar-refractivity contribution in [2.45, 2.75) is 149 Å². The van der Waals surface area contributed by atoms with Gasteiger partial charge in [-0.2, -0.15) is 0 Å². The zero-order valence-electron chi connectivity index (χ0n) is 21.2. The summed E-state index contributed by atoms with van der Waals surface area (Å²) in [5.74, 6) is 0.652. The van der Waals surface area contributed by atoms with E-state index in [2.05, 4.69) is 6.92 Å². The van der Waals surface area contributed by atoms with Gasteiger partial charge in [0.1, 0.15) is 0 Å². The van der Waals surface area contributed by atoms with E-state index in [0.29, 0.717) is 38.0 Å². The number of rotatable bonds is 7. The minimum Gasteiger partial charge on any atom is -0.381 e. The molecule has 6 nitrogen and oxygen atoms in total. The van der Waals surface area contributed by atoms with E-state index in [1.54, 1.807) is 7.11 Å². The summed E-state index contributed by atoms with van der Waals surface area (Å²) in [4.78, 5) is 0. The smallest absolute Gasteiger partial charge is 0.156 e. The van der Waals surface area contributed by atoms with Crippen molar-refractivity contribution >= 4 is 19.7 Å². The maximum absolute atomic E-state index is 13.3. The van der Waals surface area contributed by atoms with Gasteiger partial charge in [-0.15, -0.1) is 0 Å². The molecule has 4 fully saturated rings. The van der Waals surface area contributed by atoms with Crippen LogP contribution in [0.2, 0.25) is 0 Å². The fourth-order valence-corrected chi connectivity index (χ4v) is 11.8. The minimum absolute atomic E-state index is 0.0122. The van der Waals surface area contributed by atoms with Gasteiger partial charge in [-0.25, -0.2) is 16.8 Å². The summed E-state index contributed by atoms with van der Waals surface area (Å²) in [6, 6.07) is 0. The van der Waals surface area contributed by atoms with Crippen molar-refractivity contribution in [3.05, 3.63) is 0 Å². The lowest BCUT2D eigenvalue weighted by Crippen LogP contribution is -2.42.